The average Bonchev–Trinajstić information content (AvgIpc) is 2.82. The monoisotopic (exact) mass is 405 g/mol. The normalized spacial score (nSPS) is 17.6. The quantitative estimate of drug-likeness (QED) is 0.345. The molecule has 0 aromatic rings. The molecule has 2 amide bonds. The van der Waals surface area contributed by atoms with Gasteiger partial charge in [-0.25, -0.2) is 13.2 Å². The van der Waals surface area contributed by atoms with Crippen LogP contribution >= 0.6 is 0 Å². The predicted octanol–water partition coefficient (Wildman–Crippen LogP) is 0.809. The van der Waals surface area contributed by atoms with Gasteiger partial charge in [-0.2, -0.15) is 0 Å². The lowest BCUT2D eigenvalue weighted by Gasteiger charge is -2.13. The number of carbonyl (C=O) groups is 4. The third kappa shape index (κ3) is 8.17. The van der Waals surface area contributed by atoms with Gasteiger partial charge in [0, 0.05) is 12.7 Å². The first kappa shape index (κ1) is 23.2. The van der Waals surface area contributed by atoms with Crippen LogP contribution in [-0.2, 0) is 38.6 Å². The number of hydrogen-bond acceptors (Lipinski definition) is 8. The molecular weight excluding hydrogens is 378 g/mol. The summed E-state index contributed by atoms with van der Waals surface area (Å²) in [6.45, 7) is 3.39. The first-order chi connectivity index (χ1) is 12.5. The van der Waals surface area contributed by atoms with E-state index in [1.807, 2.05) is 0 Å². The molecule has 0 spiro atoms. The van der Waals surface area contributed by atoms with E-state index in [0.29, 0.717) is 12.3 Å². The van der Waals surface area contributed by atoms with Crippen molar-refractivity contribution >= 4 is 33.4 Å². The van der Waals surface area contributed by atoms with Crippen molar-refractivity contribution in [3.8, 4) is 0 Å². The zero-order valence-electron chi connectivity index (χ0n) is 15.9. The summed E-state index contributed by atoms with van der Waals surface area (Å²) in [5.41, 5.74) is 0. The van der Waals surface area contributed by atoms with Crippen LogP contribution in [0.1, 0.15) is 52.4 Å². The molecule has 0 N–H and O–H groups in total. The Morgan fingerprint density at radius 3 is 2.37 bits per heavy atom. The Balaban J connectivity index is 2.27. The first-order valence-corrected chi connectivity index (χ1v) is 10.8. The van der Waals surface area contributed by atoms with Crippen LogP contribution in [0, 0.1) is 5.92 Å². The molecule has 1 heterocycles. The zero-order chi connectivity index (χ0) is 20.6. The Kier molecular flexibility index (Phi) is 9.04. The zero-order valence-corrected chi connectivity index (χ0v) is 16.7. The molecule has 1 atom stereocenters. The number of sulfone groups is 1. The van der Waals surface area contributed by atoms with Crippen LogP contribution in [0.2, 0.25) is 0 Å². The number of imide groups is 1. The summed E-state index contributed by atoms with van der Waals surface area (Å²) < 4.78 is 27.8. The van der Waals surface area contributed by atoms with Crippen LogP contribution in [0.4, 0.5) is 0 Å². The smallest absolute Gasteiger partial charge is 0.358 e. The fourth-order valence-corrected chi connectivity index (χ4v) is 3.42. The number of carbonyl (C=O) groups excluding carboxylic acids is 4. The lowest BCUT2D eigenvalue weighted by Crippen LogP contribution is -2.37. The van der Waals surface area contributed by atoms with Gasteiger partial charge in [-0.1, -0.05) is 33.1 Å². The van der Waals surface area contributed by atoms with E-state index in [2.05, 4.69) is 18.7 Å². The first-order valence-electron chi connectivity index (χ1n) is 8.88. The van der Waals surface area contributed by atoms with E-state index in [0.717, 1.165) is 31.9 Å². The second-order valence-corrected chi connectivity index (χ2v) is 9.26. The fraction of sp³-hybridized carbons (Fsp3) is 0.765. The summed E-state index contributed by atoms with van der Waals surface area (Å²) in [6, 6.07) is 0. The van der Waals surface area contributed by atoms with Crippen molar-refractivity contribution in [2.24, 2.45) is 5.92 Å². The van der Waals surface area contributed by atoms with E-state index < -0.39 is 45.9 Å². The number of nitrogens with zero attached hydrogens (tertiary/aromatic N) is 1. The van der Waals surface area contributed by atoms with Crippen molar-refractivity contribution in [3.05, 3.63) is 0 Å². The van der Waals surface area contributed by atoms with Gasteiger partial charge in [0.25, 0.3) is 11.8 Å². The lowest BCUT2D eigenvalue weighted by atomic mass is 10.0. The SMILES string of the molecule is CC(C)CCCCCC(=O)COCC(=O)ON1C(=O)CC(S(C)(=O)=O)C1=O. The maximum absolute atomic E-state index is 11.8. The van der Waals surface area contributed by atoms with Gasteiger partial charge in [0.15, 0.2) is 20.9 Å². The predicted molar refractivity (Wildman–Crippen MR) is 94.9 cm³/mol. The van der Waals surface area contributed by atoms with Crippen molar-refractivity contribution in [3.63, 3.8) is 0 Å². The van der Waals surface area contributed by atoms with Gasteiger partial charge in [-0.3, -0.25) is 14.4 Å². The second-order valence-electron chi connectivity index (χ2n) is 7.04. The summed E-state index contributed by atoms with van der Waals surface area (Å²) in [7, 11) is -3.78. The van der Waals surface area contributed by atoms with Gasteiger partial charge in [0.2, 0.25) is 0 Å². The Morgan fingerprint density at radius 1 is 1.15 bits per heavy atom. The summed E-state index contributed by atoms with van der Waals surface area (Å²) in [6.07, 6.45) is 4.49. The van der Waals surface area contributed by atoms with E-state index in [1.165, 1.54) is 0 Å². The van der Waals surface area contributed by atoms with Crippen molar-refractivity contribution in [2.75, 3.05) is 19.5 Å². The molecule has 0 aromatic heterocycles. The molecule has 0 aliphatic carbocycles. The lowest BCUT2D eigenvalue weighted by molar-refractivity contribution is -0.200. The van der Waals surface area contributed by atoms with Gasteiger partial charge in [0.1, 0.15) is 13.2 Å². The molecule has 0 radical (unpaired) electrons. The van der Waals surface area contributed by atoms with Crippen LogP contribution in [0.5, 0.6) is 0 Å². The Bertz CT molecular complexity index is 670. The fourth-order valence-electron chi connectivity index (χ4n) is 2.51. The summed E-state index contributed by atoms with van der Waals surface area (Å²) in [5, 5.41) is -1.40. The minimum Gasteiger partial charge on any atom is -0.362 e. The highest BCUT2D eigenvalue weighted by molar-refractivity contribution is 7.92. The van der Waals surface area contributed by atoms with Gasteiger partial charge in [0.05, 0.1) is 6.42 Å². The highest BCUT2D eigenvalue weighted by atomic mass is 32.2. The summed E-state index contributed by atoms with van der Waals surface area (Å²) in [4.78, 5) is 51.4. The maximum atomic E-state index is 11.8. The van der Waals surface area contributed by atoms with Crippen molar-refractivity contribution in [2.45, 2.75) is 57.6 Å². The number of Topliss-reactive ketones (excluding diaryl/α,β-unsaturated/α-hetero) is 1. The van der Waals surface area contributed by atoms with E-state index in [1.54, 1.807) is 0 Å². The van der Waals surface area contributed by atoms with Crippen LogP contribution in [0.15, 0.2) is 0 Å². The van der Waals surface area contributed by atoms with E-state index in [4.69, 9.17) is 4.74 Å². The second kappa shape index (κ2) is 10.5. The van der Waals surface area contributed by atoms with Crippen molar-refractivity contribution in [1.29, 1.82) is 0 Å². The molecule has 0 bridgehead atoms. The Morgan fingerprint density at radius 2 is 1.81 bits per heavy atom. The van der Waals surface area contributed by atoms with Crippen LogP contribution < -0.4 is 0 Å². The number of ketones is 1. The van der Waals surface area contributed by atoms with E-state index >= 15 is 0 Å². The minimum atomic E-state index is -3.78. The molecule has 1 rings (SSSR count). The van der Waals surface area contributed by atoms with E-state index in [-0.39, 0.29) is 17.5 Å². The van der Waals surface area contributed by atoms with Crippen molar-refractivity contribution < 1.29 is 37.2 Å². The number of rotatable bonds is 12. The molecule has 10 heteroatoms. The van der Waals surface area contributed by atoms with E-state index in [9.17, 15) is 27.6 Å². The molecule has 1 aliphatic heterocycles. The molecule has 1 unspecified atom stereocenters. The molecule has 9 nitrogen and oxygen atoms in total. The molecule has 0 aromatic carbocycles. The molecule has 154 valence electrons. The van der Waals surface area contributed by atoms with Gasteiger partial charge < -0.3 is 9.57 Å². The Hall–Kier alpha value is -1.81. The minimum absolute atomic E-state index is 0.147. The standard InChI is InChI=1S/C17H27NO8S/c1-12(2)7-5-4-6-8-13(19)10-25-11-16(21)26-18-15(20)9-14(17(18)22)27(3,23)24/h12,14H,4-11H2,1-3H3. The summed E-state index contributed by atoms with van der Waals surface area (Å²) >= 11 is 0. The van der Waals surface area contributed by atoms with Crippen LogP contribution in [0.25, 0.3) is 0 Å². The largest absolute Gasteiger partial charge is 0.362 e. The molecule has 0 saturated carbocycles. The van der Waals surface area contributed by atoms with Crippen molar-refractivity contribution in [1.82, 2.24) is 5.06 Å². The highest BCUT2D eigenvalue weighted by Gasteiger charge is 2.47. The van der Waals surface area contributed by atoms with Gasteiger partial charge >= 0.3 is 5.97 Å². The number of ether oxygens (including phenoxy) is 1. The van der Waals surface area contributed by atoms with Crippen LogP contribution in [-0.4, -0.2) is 61.8 Å². The number of amides is 2. The molecule has 1 fully saturated rings. The average molecular weight is 405 g/mol. The molecular formula is C17H27NO8S. The maximum Gasteiger partial charge on any atom is 0.358 e. The Labute approximate surface area is 159 Å². The molecule has 1 saturated heterocycles. The number of hydrogen-bond donors (Lipinski definition) is 0. The number of unbranched alkanes of at least 4 members (excludes halogenated alkanes) is 2. The van der Waals surface area contributed by atoms with Gasteiger partial charge in [-0.05, 0) is 12.3 Å². The topological polar surface area (TPSA) is 124 Å². The van der Waals surface area contributed by atoms with Gasteiger partial charge in [-0.15, -0.1) is 5.06 Å². The number of hydroxylamine groups is 2. The molecule has 27 heavy (non-hydrogen) atoms. The summed E-state index contributed by atoms with van der Waals surface area (Å²) in [5.74, 6) is -2.60. The third-order valence-electron chi connectivity index (χ3n) is 3.99. The third-order valence-corrected chi connectivity index (χ3v) is 5.39. The molecule has 1 aliphatic rings. The highest BCUT2D eigenvalue weighted by Crippen LogP contribution is 2.19. The van der Waals surface area contributed by atoms with Crippen LogP contribution in [0.3, 0.4) is 0 Å².